The first-order valence-corrected chi connectivity index (χ1v) is 8.08. The number of nitrogens with zero attached hydrogens (tertiary/aromatic N) is 2. The summed E-state index contributed by atoms with van der Waals surface area (Å²) in [6.45, 7) is 2.20. The average Bonchev–Trinajstić information content (AvgIpc) is 3.19. The van der Waals surface area contributed by atoms with E-state index in [4.69, 9.17) is 10.00 Å². The summed E-state index contributed by atoms with van der Waals surface area (Å²) in [5.74, 6) is 1.23. The van der Waals surface area contributed by atoms with Gasteiger partial charge in [-0.25, -0.2) is 5.43 Å². The third kappa shape index (κ3) is 3.07. The van der Waals surface area contributed by atoms with Gasteiger partial charge in [0.15, 0.2) is 6.61 Å². The molecule has 2 fully saturated rings. The Labute approximate surface area is 136 Å². The number of rotatable bonds is 5. The van der Waals surface area contributed by atoms with Crippen molar-refractivity contribution in [2.75, 3.05) is 6.61 Å². The van der Waals surface area contributed by atoms with E-state index in [9.17, 15) is 4.79 Å². The molecule has 2 aliphatic rings. The Kier molecular flexibility index (Phi) is 4.33. The summed E-state index contributed by atoms with van der Waals surface area (Å²) in [5, 5.41) is 12.7. The van der Waals surface area contributed by atoms with Gasteiger partial charge in [0.1, 0.15) is 11.8 Å². The number of hydrogen-bond donors (Lipinski definition) is 1. The van der Waals surface area contributed by atoms with Gasteiger partial charge in [-0.05, 0) is 36.3 Å². The van der Waals surface area contributed by atoms with Crippen LogP contribution in [0.2, 0.25) is 0 Å². The Morgan fingerprint density at radius 2 is 2.35 bits per heavy atom. The molecule has 2 aliphatic carbocycles. The normalized spacial score (nSPS) is 28.7. The maximum Gasteiger partial charge on any atom is 0.244 e. The van der Waals surface area contributed by atoms with Crippen molar-refractivity contribution < 1.29 is 9.53 Å². The molecule has 23 heavy (non-hydrogen) atoms. The number of hydrazone groups is 1. The minimum atomic E-state index is -0.0146. The fourth-order valence-corrected chi connectivity index (χ4v) is 3.91. The van der Waals surface area contributed by atoms with Crippen molar-refractivity contribution in [1.29, 1.82) is 5.26 Å². The highest BCUT2D eigenvalue weighted by Gasteiger charge is 2.64. The number of nitriles is 1. The highest BCUT2D eigenvalue weighted by molar-refractivity contribution is 5.87. The number of carbonyl (C=O) groups is 1. The molecule has 1 amide bonds. The van der Waals surface area contributed by atoms with Crippen LogP contribution in [0.4, 0.5) is 0 Å². The molecule has 0 radical (unpaired) electrons. The molecule has 0 aliphatic heterocycles. The third-order valence-electron chi connectivity index (χ3n) is 5.20. The van der Waals surface area contributed by atoms with Crippen LogP contribution in [0, 0.1) is 28.6 Å². The average molecular weight is 311 g/mol. The van der Waals surface area contributed by atoms with Crippen LogP contribution in [0.25, 0.3) is 0 Å². The van der Waals surface area contributed by atoms with Crippen molar-refractivity contribution >= 4 is 12.1 Å². The van der Waals surface area contributed by atoms with Crippen LogP contribution in [0.3, 0.4) is 0 Å². The lowest BCUT2D eigenvalue weighted by Gasteiger charge is -2.15. The van der Waals surface area contributed by atoms with Crippen molar-refractivity contribution in [3.8, 4) is 11.8 Å². The number of para-hydroxylation sites is 1. The van der Waals surface area contributed by atoms with E-state index in [1.165, 1.54) is 12.8 Å². The number of fused-ring (bicyclic) bond motifs is 1. The number of ether oxygens (including phenoxy) is 1. The summed E-state index contributed by atoms with van der Waals surface area (Å²) in [6.07, 6.45) is 6.33. The Morgan fingerprint density at radius 1 is 1.52 bits per heavy atom. The van der Waals surface area contributed by atoms with Crippen LogP contribution in [0.15, 0.2) is 29.4 Å². The largest absolute Gasteiger partial charge is 0.478 e. The zero-order valence-corrected chi connectivity index (χ0v) is 13.3. The molecule has 0 spiro atoms. The fourth-order valence-electron chi connectivity index (χ4n) is 3.91. The van der Waals surface area contributed by atoms with E-state index in [-0.39, 0.29) is 23.8 Å². The van der Waals surface area contributed by atoms with Crippen molar-refractivity contribution in [3.63, 3.8) is 0 Å². The van der Waals surface area contributed by atoms with Crippen molar-refractivity contribution in [1.82, 2.24) is 5.43 Å². The summed E-state index contributed by atoms with van der Waals surface area (Å²) in [7, 11) is 0. The van der Waals surface area contributed by atoms with E-state index in [0.717, 1.165) is 18.4 Å². The Morgan fingerprint density at radius 3 is 3.09 bits per heavy atom. The monoisotopic (exact) mass is 311 g/mol. The van der Waals surface area contributed by atoms with Crippen molar-refractivity contribution in [3.05, 3.63) is 29.8 Å². The van der Waals surface area contributed by atoms with E-state index in [2.05, 4.69) is 17.5 Å². The zero-order chi connectivity index (χ0) is 16.3. The third-order valence-corrected chi connectivity index (χ3v) is 5.20. The van der Waals surface area contributed by atoms with Gasteiger partial charge in [0.2, 0.25) is 5.91 Å². The van der Waals surface area contributed by atoms with E-state index in [1.807, 2.05) is 24.3 Å². The molecule has 3 unspecified atom stereocenters. The minimum absolute atomic E-state index is 0.0146. The van der Waals surface area contributed by atoms with Gasteiger partial charge in [-0.1, -0.05) is 31.9 Å². The zero-order valence-electron chi connectivity index (χ0n) is 13.3. The standard InChI is InChI=1S/C18H21N3O2/c1-18-9-5-4-7-14(18)16(18)17(22)21-20-12-13-6-2-3-8-15(13)23-11-10-19/h2-3,6,8,12,14,16H,4-5,7,9,11H2,1H3,(H,21,22). The first-order valence-electron chi connectivity index (χ1n) is 8.08. The molecule has 0 bridgehead atoms. The molecule has 0 heterocycles. The lowest BCUT2D eigenvalue weighted by molar-refractivity contribution is -0.123. The number of nitrogens with one attached hydrogen (secondary N) is 1. The van der Waals surface area contributed by atoms with Crippen LogP contribution in [-0.4, -0.2) is 18.7 Å². The van der Waals surface area contributed by atoms with Crippen LogP contribution in [0.1, 0.15) is 38.2 Å². The molecular weight excluding hydrogens is 290 g/mol. The molecule has 1 N–H and O–H groups in total. The maximum atomic E-state index is 12.3. The molecule has 1 aromatic rings. The van der Waals surface area contributed by atoms with Crippen LogP contribution in [0.5, 0.6) is 5.75 Å². The van der Waals surface area contributed by atoms with Crippen molar-refractivity contribution in [2.45, 2.75) is 32.6 Å². The summed E-state index contributed by atoms with van der Waals surface area (Å²) in [5.41, 5.74) is 3.59. The molecule has 3 atom stereocenters. The second-order valence-corrected chi connectivity index (χ2v) is 6.55. The number of carbonyl (C=O) groups excluding carboxylic acids is 1. The number of benzene rings is 1. The molecule has 1 aromatic carbocycles. The van der Waals surface area contributed by atoms with Crippen LogP contribution >= 0.6 is 0 Å². The summed E-state index contributed by atoms with van der Waals surface area (Å²) in [6, 6.07) is 9.24. The van der Waals surface area contributed by atoms with Gasteiger partial charge in [-0.2, -0.15) is 10.4 Å². The predicted octanol–water partition coefficient (Wildman–Crippen LogP) is 2.87. The molecule has 2 saturated carbocycles. The van der Waals surface area contributed by atoms with Crippen LogP contribution in [-0.2, 0) is 4.79 Å². The summed E-state index contributed by atoms with van der Waals surface area (Å²) >= 11 is 0. The van der Waals surface area contributed by atoms with Crippen molar-refractivity contribution in [2.24, 2.45) is 22.4 Å². The molecule has 120 valence electrons. The van der Waals surface area contributed by atoms with Gasteiger partial charge < -0.3 is 4.74 Å². The first-order chi connectivity index (χ1) is 11.2. The fraction of sp³-hybridized carbons (Fsp3) is 0.500. The second kappa shape index (κ2) is 6.41. The van der Waals surface area contributed by atoms with E-state index < -0.39 is 0 Å². The summed E-state index contributed by atoms with van der Waals surface area (Å²) in [4.78, 5) is 12.3. The Bertz CT molecular complexity index is 664. The van der Waals surface area contributed by atoms with Crippen LogP contribution < -0.4 is 10.2 Å². The van der Waals surface area contributed by atoms with E-state index in [0.29, 0.717) is 11.7 Å². The van der Waals surface area contributed by atoms with Gasteiger partial charge in [0.25, 0.3) is 0 Å². The lowest BCUT2D eigenvalue weighted by Crippen LogP contribution is -2.22. The van der Waals surface area contributed by atoms with E-state index in [1.54, 1.807) is 12.3 Å². The Balaban J connectivity index is 1.59. The highest BCUT2D eigenvalue weighted by atomic mass is 16.5. The second-order valence-electron chi connectivity index (χ2n) is 6.55. The number of amides is 1. The molecule has 0 saturated heterocycles. The molecule has 5 heteroatoms. The topological polar surface area (TPSA) is 74.5 Å². The summed E-state index contributed by atoms with van der Waals surface area (Å²) < 4.78 is 5.33. The van der Waals surface area contributed by atoms with Gasteiger partial charge in [-0.3, -0.25) is 4.79 Å². The van der Waals surface area contributed by atoms with E-state index >= 15 is 0 Å². The lowest BCUT2D eigenvalue weighted by atomic mass is 9.90. The molecule has 3 rings (SSSR count). The molecule has 5 nitrogen and oxygen atoms in total. The SMILES string of the molecule is CC12CCCCC1C2C(=O)NN=Cc1ccccc1OCC#N. The first kappa shape index (κ1) is 15.5. The predicted molar refractivity (Wildman–Crippen MR) is 86.8 cm³/mol. The molecule has 0 aromatic heterocycles. The maximum absolute atomic E-state index is 12.3. The van der Waals surface area contributed by atoms with Gasteiger partial charge in [0, 0.05) is 11.5 Å². The quantitative estimate of drug-likeness (QED) is 0.671. The molecular formula is C18H21N3O2. The smallest absolute Gasteiger partial charge is 0.244 e. The van der Waals surface area contributed by atoms with Gasteiger partial charge >= 0.3 is 0 Å². The Hall–Kier alpha value is -2.35. The van der Waals surface area contributed by atoms with Gasteiger partial charge in [0.05, 0.1) is 6.21 Å². The number of hydrogen-bond acceptors (Lipinski definition) is 4. The van der Waals surface area contributed by atoms with Gasteiger partial charge in [-0.15, -0.1) is 0 Å². The highest BCUT2D eigenvalue weighted by Crippen LogP contribution is 2.66. The minimum Gasteiger partial charge on any atom is -0.478 e.